The van der Waals surface area contributed by atoms with E-state index in [9.17, 15) is 8.42 Å². The van der Waals surface area contributed by atoms with Crippen molar-refractivity contribution < 1.29 is 8.42 Å². The van der Waals surface area contributed by atoms with Crippen LogP contribution in [0.25, 0.3) is 0 Å². The molecule has 0 aliphatic carbocycles. The van der Waals surface area contributed by atoms with E-state index in [0.717, 1.165) is 25.2 Å². The number of hydrogen-bond donors (Lipinski definition) is 2. The molecule has 1 aliphatic heterocycles. The standard InChI is InChI=1S/C14H23N3O2S/c15-12-13-5-4-6-14(11-13)20(18,19)16-7-10-17-8-2-1-3-9-17/h4-6,11,16H,1-3,7-10,12,15H2. The Bertz CT molecular complexity index is 525. The van der Waals surface area contributed by atoms with Gasteiger partial charge in [-0.15, -0.1) is 0 Å². The van der Waals surface area contributed by atoms with Crippen molar-refractivity contribution in [3.63, 3.8) is 0 Å². The smallest absolute Gasteiger partial charge is 0.240 e. The number of piperidine rings is 1. The fraction of sp³-hybridized carbons (Fsp3) is 0.571. The van der Waals surface area contributed by atoms with Crippen molar-refractivity contribution in [1.82, 2.24) is 9.62 Å². The van der Waals surface area contributed by atoms with E-state index in [4.69, 9.17) is 5.73 Å². The van der Waals surface area contributed by atoms with E-state index in [0.29, 0.717) is 18.0 Å². The van der Waals surface area contributed by atoms with Gasteiger partial charge in [-0.05, 0) is 43.6 Å². The number of nitrogens with zero attached hydrogens (tertiary/aromatic N) is 1. The van der Waals surface area contributed by atoms with E-state index in [1.807, 2.05) is 6.07 Å². The van der Waals surface area contributed by atoms with Crippen LogP contribution in [0, 0.1) is 0 Å². The van der Waals surface area contributed by atoms with Crippen LogP contribution in [0.4, 0.5) is 0 Å². The Balaban J connectivity index is 1.89. The molecule has 0 amide bonds. The van der Waals surface area contributed by atoms with Gasteiger partial charge in [-0.3, -0.25) is 0 Å². The average Bonchev–Trinajstić information content (AvgIpc) is 2.48. The van der Waals surface area contributed by atoms with Crippen LogP contribution >= 0.6 is 0 Å². The maximum Gasteiger partial charge on any atom is 0.240 e. The lowest BCUT2D eigenvalue weighted by atomic mass is 10.1. The van der Waals surface area contributed by atoms with Crippen molar-refractivity contribution >= 4 is 10.0 Å². The van der Waals surface area contributed by atoms with Gasteiger partial charge in [-0.2, -0.15) is 0 Å². The molecule has 1 aliphatic rings. The predicted octanol–water partition coefficient (Wildman–Crippen LogP) is 0.909. The lowest BCUT2D eigenvalue weighted by Crippen LogP contribution is -2.37. The van der Waals surface area contributed by atoms with Crippen LogP contribution in [0.5, 0.6) is 0 Å². The molecular weight excluding hydrogens is 274 g/mol. The quantitative estimate of drug-likeness (QED) is 0.818. The zero-order valence-electron chi connectivity index (χ0n) is 11.7. The first-order chi connectivity index (χ1) is 9.62. The molecule has 0 spiro atoms. The summed E-state index contributed by atoms with van der Waals surface area (Å²) in [4.78, 5) is 2.60. The molecule has 1 aromatic carbocycles. The maximum absolute atomic E-state index is 12.2. The second kappa shape index (κ2) is 7.17. The third kappa shape index (κ3) is 4.28. The molecule has 1 saturated heterocycles. The monoisotopic (exact) mass is 297 g/mol. The first-order valence-corrected chi connectivity index (χ1v) is 8.61. The van der Waals surface area contributed by atoms with Gasteiger partial charge in [0.1, 0.15) is 0 Å². The summed E-state index contributed by atoms with van der Waals surface area (Å²) in [7, 11) is -3.43. The zero-order valence-corrected chi connectivity index (χ0v) is 12.5. The minimum absolute atomic E-state index is 0.291. The van der Waals surface area contributed by atoms with Crippen LogP contribution < -0.4 is 10.5 Å². The number of sulfonamides is 1. The molecule has 0 atom stereocenters. The summed E-state index contributed by atoms with van der Waals surface area (Å²) in [6.45, 7) is 3.72. The summed E-state index contributed by atoms with van der Waals surface area (Å²) in [5.41, 5.74) is 6.36. The van der Waals surface area contributed by atoms with Gasteiger partial charge in [0.25, 0.3) is 0 Å². The highest BCUT2D eigenvalue weighted by Crippen LogP contribution is 2.11. The van der Waals surface area contributed by atoms with Crippen molar-refractivity contribution in [2.45, 2.75) is 30.7 Å². The number of rotatable bonds is 6. The van der Waals surface area contributed by atoms with Gasteiger partial charge in [-0.1, -0.05) is 18.6 Å². The highest BCUT2D eigenvalue weighted by atomic mass is 32.2. The molecule has 112 valence electrons. The maximum atomic E-state index is 12.2. The fourth-order valence-electron chi connectivity index (χ4n) is 2.44. The van der Waals surface area contributed by atoms with Gasteiger partial charge >= 0.3 is 0 Å². The van der Waals surface area contributed by atoms with Gasteiger partial charge in [0, 0.05) is 19.6 Å². The third-order valence-electron chi connectivity index (χ3n) is 3.61. The average molecular weight is 297 g/mol. The molecule has 0 radical (unpaired) electrons. The largest absolute Gasteiger partial charge is 0.326 e. The minimum atomic E-state index is -3.43. The fourth-order valence-corrected chi connectivity index (χ4v) is 3.54. The highest BCUT2D eigenvalue weighted by Gasteiger charge is 2.15. The molecule has 2 rings (SSSR count). The Morgan fingerprint density at radius 3 is 2.65 bits per heavy atom. The summed E-state index contributed by atoms with van der Waals surface area (Å²) in [6.07, 6.45) is 3.71. The Morgan fingerprint density at radius 2 is 1.95 bits per heavy atom. The minimum Gasteiger partial charge on any atom is -0.326 e. The molecule has 0 aromatic heterocycles. The van der Waals surface area contributed by atoms with E-state index in [-0.39, 0.29) is 0 Å². The third-order valence-corrected chi connectivity index (χ3v) is 5.07. The number of nitrogens with two attached hydrogens (primary N) is 1. The molecule has 5 nitrogen and oxygen atoms in total. The van der Waals surface area contributed by atoms with Crippen LogP contribution in [0.15, 0.2) is 29.2 Å². The normalized spacial score (nSPS) is 17.2. The summed E-state index contributed by atoms with van der Waals surface area (Å²) >= 11 is 0. The second-order valence-corrected chi connectivity index (χ2v) is 6.92. The van der Waals surface area contributed by atoms with Crippen molar-refractivity contribution in [3.8, 4) is 0 Å². The molecule has 20 heavy (non-hydrogen) atoms. The zero-order chi connectivity index (χ0) is 14.4. The first kappa shape index (κ1) is 15.4. The SMILES string of the molecule is NCc1cccc(S(=O)(=O)NCCN2CCCCC2)c1. The molecule has 1 fully saturated rings. The Hall–Kier alpha value is -0.950. The van der Waals surface area contributed by atoms with Gasteiger partial charge < -0.3 is 10.6 Å². The van der Waals surface area contributed by atoms with Gasteiger partial charge in [0.15, 0.2) is 0 Å². The molecule has 1 heterocycles. The van der Waals surface area contributed by atoms with Crippen molar-refractivity contribution in [2.75, 3.05) is 26.2 Å². The van der Waals surface area contributed by atoms with E-state index in [1.54, 1.807) is 18.2 Å². The molecule has 6 heteroatoms. The lowest BCUT2D eigenvalue weighted by Gasteiger charge is -2.26. The van der Waals surface area contributed by atoms with E-state index >= 15 is 0 Å². The summed E-state index contributed by atoms with van der Waals surface area (Å²) < 4.78 is 27.0. The number of likely N-dealkylation sites (tertiary alicyclic amines) is 1. The van der Waals surface area contributed by atoms with Gasteiger partial charge in [0.2, 0.25) is 10.0 Å². The Labute approximate surface area is 121 Å². The Kier molecular flexibility index (Phi) is 5.54. The Morgan fingerprint density at radius 1 is 1.20 bits per heavy atom. The van der Waals surface area contributed by atoms with Crippen LogP contribution in [-0.4, -0.2) is 39.5 Å². The summed E-state index contributed by atoms with van der Waals surface area (Å²) in [5.74, 6) is 0. The van der Waals surface area contributed by atoms with E-state index in [2.05, 4.69) is 9.62 Å². The van der Waals surface area contributed by atoms with Crippen LogP contribution in [0.3, 0.4) is 0 Å². The highest BCUT2D eigenvalue weighted by molar-refractivity contribution is 7.89. The van der Waals surface area contributed by atoms with E-state index in [1.165, 1.54) is 19.3 Å². The van der Waals surface area contributed by atoms with Crippen LogP contribution in [-0.2, 0) is 16.6 Å². The van der Waals surface area contributed by atoms with Crippen LogP contribution in [0.1, 0.15) is 24.8 Å². The molecule has 3 N–H and O–H groups in total. The summed E-state index contributed by atoms with van der Waals surface area (Å²) in [6, 6.07) is 6.78. The second-order valence-electron chi connectivity index (χ2n) is 5.15. The van der Waals surface area contributed by atoms with Crippen molar-refractivity contribution in [2.24, 2.45) is 5.73 Å². The molecular formula is C14H23N3O2S. The molecule has 1 aromatic rings. The van der Waals surface area contributed by atoms with E-state index < -0.39 is 10.0 Å². The predicted molar refractivity (Wildman–Crippen MR) is 79.8 cm³/mol. The number of benzene rings is 1. The molecule has 0 bridgehead atoms. The van der Waals surface area contributed by atoms with Crippen molar-refractivity contribution in [1.29, 1.82) is 0 Å². The van der Waals surface area contributed by atoms with Crippen LogP contribution in [0.2, 0.25) is 0 Å². The van der Waals surface area contributed by atoms with Gasteiger partial charge in [0.05, 0.1) is 4.90 Å². The summed E-state index contributed by atoms with van der Waals surface area (Å²) in [5, 5.41) is 0. The molecule has 0 unspecified atom stereocenters. The number of nitrogens with one attached hydrogen (secondary N) is 1. The first-order valence-electron chi connectivity index (χ1n) is 7.13. The van der Waals surface area contributed by atoms with Crippen molar-refractivity contribution in [3.05, 3.63) is 29.8 Å². The topological polar surface area (TPSA) is 75.4 Å². The molecule has 0 saturated carbocycles. The lowest BCUT2D eigenvalue weighted by molar-refractivity contribution is 0.233. The van der Waals surface area contributed by atoms with Gasteiger partial charge in [-0.25, -0.2) is 13.1 Å². The number of hydrogen-bond acceptors (Lipinski definition) is 4.